The molecule has 0 spiro atoms. The van der Waals surface area contributed by atoms with Gasteiger partial charge in [-0.2, -0.15) is 0 Å². The molecule has 3 nitrogen and oxygen atoms in total. The predicted octanol–water partition coefficient (Wildman–Crippen LogP) is 2.50. The van der Waals surface area contributed by atoms with Crippen molar-refractivity contribution in [2.24, 2.45) is 5.92 Å². The Balaban J connectivity index is 2.08. The Kier molecular flexibility index (Phi) is 3.60. The van der Waals surface area contributed by atoms with E-state index in [9.17, 15) is 4.79 Å². The number of carbonyl (C=O) groups excluding carboxylic acids is 1. The highest BCUT2D eigenvalue weighted by Gasteiger charge is 2.51. The predicted molar refractivity (Wildman–Crippen MR) is 71.8 cm³/mol. The Hall–Kier alpha value is -1.51. The number of rotatable bonds is 5. The lowest BCUT2D eigenvalue weighted by molar-refractivity contribution is -0.123. The molecule has 0 aromatic heterocycles. The first-order chi connectivity index (χ1) is 8.58. The van der Waals surface area contributed by atoms with Crippen molar-refractivity contribution in [3.63, 3.8) is 0 Å². The van der Waals surface area contributed by atoms with Gasteiger partial charge in [0.25, 0.3) is 0 Å². The zero-order valence-corrected chi connectivity index (χ0v) is 11.3. The van der Waals surface area contributed by atoms with Crippen LogP contribution in [0.3, 0.4) is 0 Å². The first-order valence-corrected chi connectivity index (χ1v) is 6.51. The average Bonchev–Trinajstić information content (AvgIpc) is 3.17. The minimum absolute atomic E-state index is 0.168. The SMILES string of the molecule is COc1ccc(C2(C(=O)NCC(C)C)CC2)cc1. The van der Waals surface area contributed by atoms with Crippen LogP contribution in [0.5, 0.6) is 5.75 Å². The molecule has 1 aromatic carbocycles. The molecule has 1 aliphatic carbocycles. The molecule has 2 rings (SSSR count). The van der Waals surface area contributed by atoms with E-state index in [0.717, 1.165) is 30.7 Å². The zero-order chi connectivity index (χ0) is 13.2. The summed E-state index contributed by atoms with van der Waals surface area (Å²) in [5.74, 6) is 1.49. The van der Waals surface area contributed by atoms with E-state index in [2.05, 4.69) is 19.2 Å². The maximum atomic E-state index is 12.2. The Morgan fingerprint density at radius 1 is 1.33 bits per heavy atom. The van der Waals surface area contributed by atoms with E-state index in [0.29, 0.717) is 5.92 Å². The van der Waals surface area contributed by atoms with Crippen molar-refractivity contribution in [1.29, 1.82) is 0 Å². The van der Waals surface area contributed by atoms with Crippen molar-refractivity contribution in [3.05, 3.63) is 29.8 Å². The van der Waals surface area contributed by atoms with Gasteiger partial charge in [-0.15, -0.1) is 0 Å². The molecule has 0 unspecified atom stereocenters. The van der Waals surface area contributed by atoms with Crippen molar-refractivity contribution >= 4 is 5.91 Å². The molecule has 0 atom stereocenters. The van der Waals surface area contributed by atoms with Crippen LogP contribution in [0.15, 0.2) is 24.3 Å². The highest BCUT2D eigenvalue weighted by atomic mass is 16.5. The van der Waals surface area contributed by atoms with E-state index in [4.69, 9.17) is 4.74 Å². The molecule has 1 fully saturated rings. The van der Waals surface area contributed by atoms with Crippen molar-refractivity contribution in [3.8, 4) is 5.75 Å². The summed E-state index contributed by atoms with van der Waals surface area (Å²) in [6.07, 6.45) is 1.90. The number of carbonyl (C=O) groups is 1. The number of amides is 1. The molecular formula is C15H21NO2. The lowest BCUT2D eigenvalue weighted by atomic mass is 9.94. The topological polar surface area (TPSA) is 38.3 Å². The number of nitrogens with one attached hydrogen (secondary N) is 1. The quantitative estimate of drug-likeness (QED) is 0.868. The van der Waals surface area contributed by atoms with Gasteiger partial charge in [-0.3, -0.25) is 4.79 Å². The number of ether oxygens (including phenoxy) is 1. The van der Waals surface area contributed by atoms with Gasteiger partial charge < -0.3 is 10.1 Å². The number of hydrogen-bond acceptors (Lipinski definition) is 2. The van der Waals surface area contributed by atoms with Gasteiger partial charge in [0.2, 0.25) is 5.91 Å². The number of hydrogen-bond donors (Lipinski definition) is 1. The van der Waals surface area contributed by atoms with Gasteiger partial charge in [0, 0.05) is 6.54 Å². The van der Waals surface area contributed by atoms with E-state index >= 15 is 0 Å². The fourth-order valence-corrected chi connectivity index (χ4v) is 2.15. The lowest BCUT2D eigenvalue weighted by Gasteiger charge is -2.17. The molecule has 0 saturated heterocycles. The molecule has 1 aromatic rings. The van der Waals surface area contributed by atoms with E-state index < -0.39 is 0 Å². The number of benzene rings is 1. The zero-order valence-electron chi connectivity index (χ0n) is 11.3. The summed E-state index contributed by atoms with van der Waals surface area (Å²) >= 11 is 0. The number of methoxy groups -OCH3 is 1. The van der Waals surface area contributed by atoms with Crippen LogP contribution < -0.4 is 10.1 Å². The van der Waals surface area contributed by atoms with Crippen molar-refractivity contribution in [2.45, 2.75) is 32.1 Å². The molecule has 98 valence electrons. The van der Waals surface area contributed by atoms with Crippen LogP contribution in [-0.4, -0.2) is 19.6 Å². The van der Waals surface area contributed by atoms with E-state index in [-0.39, 0.29) is 11.3 Å². The van der Waals surface area contributed by atoms with Crippen LogP contribution in [0.2, 0.25) is 0 Å². The third-order valence-electron chi connectivity index (χ3n) is 3.50. The van der Waals surface area contributed by atoms with Crippen LogP contribution in [-0.2, 0) is 10.2 Å². The van der Waals surface area contributed by atoms with Gasteiger partial charge in [0.1, 0.15) is 5.75 Å². The summed E-state index contributed by atoms with van der Waals surface area (Å²) < 4.78 is 5.14. The average molecular weight is 247 g/mol. The molecule has 1 aliphatic rings. The molecule has 0 radical (unpaired) electrons. The molecule has 18 heavy (non-hydrogen) atoms. The van der Waals surface area contributed by atoms with Crippen molar-refractivity contribution < 1.29 is 9.53 Å². The highest BCUT2D eigenvalue weighted by Crippen LogP contribution is 2.48. The maximum Gasteiger partial charge on any atom is 0.230 e. The van der Waals surface area contributed by atoms with Crippen LogP contribution in [0.4, 0.5) is 0 Å². The van der Waals surface area contributed by atoms with Gasteiger partial charge in [-0.05, 0) is 36.5 Å². The van der Waals surface area contributed by atoms with Crippen molar-refractivity contribution in [2.75, 3.05) is 13.7 Å². The second kappa shape index (κ2) is 5.01. The summed E-state index contributed by atoms with van der Waals surface area (Å²) in [5, 5.41) is 3.04. The van der Waals surface area contributed by atoms with Crippen molar-refractivity contribution in [1.82, 2.24) is 5.32 Å². The van der Waals surface area contributed by atoms with Crippen LogP contribution in [0, 0.1) is 5.92 Å². The Labute approximate surface area is 109 Å². The van der Waals surface area contributed by atoms with Crippen LogP contribution in [0.1, 0.15) is 32.3 Å². The van der Waals surface area contributed by atoms with Gasteiger partial charge >= 0.3 is 0 Å². The van der Waals surface area contributed by atoms with Gasteiger partial charge in [-0.25, -0.2) is 0 Å². The first-order valence-electron chi connectivity index (χ1n) is 6.51. The van der Waals surface area contributed by atoms with Crippen LogP contribution >= 0.6 is 0 Å². The van der Waals surface area contributed by atoms with Gasteiger partial charge in [0.15, 0.2) is 0 Å². The summed E-state index contributed by atoms with van der Waals surface area (Å²) in [4.78, 5) is 12.2. The smallest absolute Gasteiger partial charge is 0.230 e. The molecule has 1 amide bonds. The summed E-state index contributed by atoms with van der Waals surface area (Å²) in [6.45, 7) is 4.96. The fraction of sp³-hybridized carbons (Fsp3) is 0.533. The molecular weight excluding hydrogens is 226 g/mol. The second-order valence-electron chi connectivity index (χ2n) is 5.41. The lowest BCUT2D eigenvalue weighted by Crippen LogP contribution is -2.36. The summed E-state index contributed by atoms with van der Waals surface area (Å²) in [5.41, 5.74) is 0.825. The monoisotopic (exact) mass is 247 g/mol. The first kappa shape index (κ1) is 12.9. The second-order valence-corrected chi connectivity index (χ2v) is 5.41. The molecule has 0 bridgehead atoms. The van der Waals surface area contributed by atoms with E-state index in [1.807, 2.05) is 24.3 Å². The fourth-order valence-electron chi connectivity index (χ4n) is 2.15. The Morgan fingerprint density at radius 3 is 2.39 bits per heavy atom. The standard InChI is InChI=1S/C15H21NO2/c1-11(2)10-16-14(17)15(8-9-15)12-4-6-13(18-3)7-5-12/h4-7,11H,8-10H2,1-3H3,(H,16,17). The molecule has 1 N–H and O–H groups in total. The normalized spacial score (nSPS) is 16.4. The third kappa shape index (κ3) is 2.50. The van der Waals surface area contributed by atoms with Crippen LogP contribution in [0.25, 0.3) is 0 Å². The Morgan fingerprint density at radius 2 is 1.94 bits per heavy atom. The maximum absolute atomic E-state index is 12.2. The summed E-state index contributed by atoms with van der Waals surface area (Å²) in [7, 11) is 1.65. The highest BCUT2D eigenvalue weighted by molar-refractivity contribution is 5.91. The van der Waals surface area contributed by atoms with Gasteiger partial charge in [-0.1, -0.05) is 26.0 Å². The summed E-state index contributed by atoms with van der Waals surface area (Å²) in [6, 6.07) is 7.85. The largest absolute Gasteiger partial charge is 0.497 e. The van der Waals surface area contributed by atoms with Gasteiger partial charge in [0.05, 0.1) is 12.5 Å². The van der Waals surface area contributed by atoms with E-state index in [1.165, 1.54) is 0 Å². The third-order valence-corrected chi connectivity index (χ3v) is 3.50. The Bertz CT molecular complexity index is 419. The molecule has 1 saturated carbocycles. The molecule has 3 heteroatoms. The minimum Gasteiger partial charge on any atom is -0.497 e. The van der Waals surface area contributed by atoms with E-state index in [1.54, 1.807) is 7.11 Å². The molecule has 0 aliphatic heterocycles. The molecule has 0 heterocycles. The minimum atomic E-state index is -0.277.